The molecule has 0 saturated heterocycles. The van der Waals surface area contributed by atoms with Crippen LogP contribution in [0.5, 0.6) is 0 Å². The van der Waals surface area contributed by atoms with Crippen LogP contribution >= 0.6 is 0 Å². The number of hydrogen-bond acceptors (Lipinski definition) is 5. The van der Waals surface area contributed by atoms with Crippen LogP contribution in [0.2, 0.25) is 0 Å². The molecule has 0 radical (unpaired) electrons. The van der Waals surface area contributed by atoms with E-state index in [0.717, 1.165) is 24.5 Å². The Morgan fingerprint density at radius 1 is 1.26 bits per heavy atom. The average molecular weight is 257 g/mol. The summed E-state index contributed by atoms with van der Waals surface area (Å²) in [6.07, 6.45) is 5.46. The van der Waals surface area contributed by atoms with E-state index in [0.29, 0.717) is 5.95 Å². The van der Waals surface area contributed by atoms with Crippen molar-refractivity contribution in [2.75, 3.05) is 23.8 Å². The first-order valence-electron chi connectivity index (χ1n) is 6.38. The number of nitrogens with one attached hydrogen (secondary N) is 1. The minimum absolute atomic E-state index is 0.671. The van der Waals surface area contributed by atoms with E-state index >= 15 is 0 Å². The van der Waals surface area contributed by atoms with Crippen molar-refractivity contribution in [3.05, 3.63) is 41.9 Å². The van der Waals surface area contributed by atoms with Gasteiger partial charge < -0.3 is 10.2 Å². The molecule has 1 N–H and O–H groups in total. The molecule has 2 heterocycles. The van der Waals surface area contributed by atoms with E-state index in [1.807, 2.05) is 39.2 Å². The molecule has 5 heteroatoms. The van der Waals surface area contributed by atoms with Crippen LogP contribution in [0.25, 0.3) is 0 Å². The van der Waals surface area contributed by atoms with Crippen LogP contribution in [0.3, 0.4) is 0 Å². The maximum atomic E-state index is 4.55. The van der Waals surface area contributed by atoms with Crippen LogP contribution in [-0.4, -0.2) is 28.5 Å². The molecule has 0 spiro atoms. The summed E-state index contributed by atoms with van der Waals surface area (Å²) >= 11 is 0. The molecule has 0 amide bonds. The van der Waals surface area contributed by atoms with Crippen LogP contribution in [0.4, 0.5) is 11.8 Å². The summed E-state index contributed by atoms with van der Waals surface area (Å²) in [5.41, 5.74) is 2.28. The van der Waals surface area contributed by atoms with Crippen molar-refractivity contribution in [1.82, 2.24) is 15.0 Å². The predicted molar refractivity (Wildman–Crippen MR) is 77.3 cm³/mol. The second-order valence-electron chi connectivity index (χ2n) is 4.44. The molecule has 0 atom stereocenters. The van der Waals surface area contributed by atoms with Crippen LogP contribution in [-0.2, 0) is 6.54 Å². The van der Waals surface area contributed by atoms with Crippen LogP contribution in [0.1, 0.15) is 18.1 Å². The molecular weight excluding hydrogens is 238 g/mol. The van der Waals surface area contributed by atoms with E-state index in [1.165, 1.54) is 5.56 Å². The Hall–Kier alpha value is -2.17. The third-order valence-corrected chi connectivity index (χ3v) is 2.81. The molecular formula is C14H19N5. The summed E-state index contributed by atoms with van der Waals surface area (Å²) in [7, 11) is 2.03. The lowest BCUT2D eigenvalue weighted by atomic mass is 10.2. The van der Waals surface area contributed by atoms with Crippen LogP contribution in [0, 0.1) is 6.92 Å². The van der Waals surface area contributed by atoms with Gasteiger partial charge in [0.05, 0.1) is 0 Å². The SMILES string of the molecule is CCNc1ncc(C)c(N(C)Cc2ccncc2)n1. The third kappa shape index (κ3) is 3.40. The highest BCUT2D eigenvalue weighted by atomic mass is 15.2. The Labute approximate surface area is 113 Å². The van der Waals surface area contributed by atoms with Crippen molar-refractivity contribution in [2.45, 2.75) is 20.4 Å². The molecule has 0 saturated carbocycles. The maximum Gasteiger partial charge on any atom is 0.224 e. The first-order chi connectivity index (χ1) is 9.20. The largest absolute Gasteiger partial charge is 0.355 e. The third-order valence-electron chi connectivity index (χ3n) is 2.81. The van der Waals surface area contributed by atoms with E-state index in [4.69, 9.17) is 0 Å². The Morgan fingerprint density at radius 3 is 2.68 bits per heavy atom. The molecule has 2 rings (SSSR count). The molecule has 0 aliphatic rings. The highest BCUT2D eigenvalue weighted by molar-refractivity contribution is 5.48. The van der Waals surface area contributed by atoms with Gasteiger partial charge in [-0.2, -0.15) is 4.98 Å². The predicted octanol–water partition coefficient (Wildman–Crippen LogP) is 2.25. The highest BCUT2D eigenvalue weighted by Gasteiger charge is 2.09. The van der Waals surface area contributed by atoms with Crippen molar-refractivity contribution in [2.24, 2.45) is 0 Å². The van der Waals surface area contributed by atoms with Gasteiger partial charge in [0.15, 0.2) is 0 Å². The Kier molecular flexibility index (Phi) is 4.28. The van der Waals surface area contributed by atoms with Crippen LogP contribution in [0.15, 0.2) is 30.7 Å². The smallest absolute Gasteiger partial charge is 0.224 e. The molecule has 0 fully saturated rings. The normalized spacial score (nSPS) is 10.3. The van der Waals surface area contributed by atoms with Crippen molar-refractivity contribution in [1.29, 1.82) is 0 Å². The number of rotatable bonds is 5. The lowest BCUT2D eigenvalue weighted by molar-refractivity contribution is 0.879. The number of anilines is 2. The fourth-order valence-electron chi connectivity index (χ4n) is 1.90. The molecule has 0 aliphatic carbocycles. The molecule has 2 aromatic rings. The minimum atomic E-state index is 0.671. The van der Waals surface area contributed by atoms with Crippen molar-refractivity contribution >= 4 is 11.8 Å². The van der Waals surface area contributed by atoms with Crippen LogP contribution < -0.4 is 10.2 Å². The first-order valence-corrected chi connectivity index (χ1v) is 6.38. The number of pyridine rings is 1. The van der Waals surface area contributed by atoms with E-state index in [2.05, 4.69) is 25.2 Å². The van der Waals surface area contributed by atoms with Gasteiger partial charge in [-0.25, -0.2) is 4.98 Å². The van der Waals surface area contributed by atoms with Gasteiger partial charge in [-0.3, -0.25) is 4.98 Å². The number of nitrogens with zero attached hydrogens (tertiary/aromatic N) is 4. The van der Waals surface area contributed by atoms with Crippen molar-refractivity contribution < 1.29 is 0 Å². The second kappa shape index (κ2) is 6.13. The summed E-state index contributed by atoms with van der Waals surface area (Å²) in [5.74, 6) is 1.62. The van der Waals surface area contributed by atoms with Crippen molar-refractivity contribution in [3.8, 4) is 0 Å². The molecule has 2 aromatic heterocycles. The zero-order valence-corrected chi connectivity index (χ0v) is 11.6. The zero-order chi connectivity index (χ0) is 13.7. The quantitative estimate of drug-likeness (QED) is 0.890. The fourth-order valence-corrected chi connectivity index (χ4v) is 1.90. The molecule has 100 valence electrons. The van der Waals surface area contributed by atoms with E-state index < -0.39 is 0 Å². The summed E-state index contributed by atoms with van der Waals surface area (Å²) in [4.78, 5) is 15.0. The van der Waals surface area contributed by atoms with E-state index in [-0.39, 0.29) is 0 Å². The Bertz CT molecular complexity index is 527. The van der Waals surface area contributed by atoms with Gasteiger partial charge in [0.1, 0.15) is 5.82 Å². The second-order valence-corrected chi connectivity index (χ2v) is 4.44. The van der Waals surface area contributed by atoms with Gasteiger partial charge in [-0.1, -0.05) is 0 Å². The molecule has 19 heavy (non-hydrogen) atoms. The molecule has 0 aromatic carbocycles. The fraction of sp³-hybridized carbons (Fsp3) is 0.357. The molecule has 0 aliphatic heterocycles. The number of hydrogen-bond donors (Lipinski definition) is 1. The maximum absolute atomic E-state index is 4.55. The topological polar surface area (TPSA) is 53.9 Å². The van der Waals surface area contributed by atoms with E-state index in [1.54, 1.807) is 12.4 Å². The summed E-state index contributed by atoms with van der Waals surface area (Å²) in [6, 6.07) is 4.02. The summed E-state index contributed by atoms with van der Waals surface area (Å²) < 4.78 is 0. The standard InChI is InChI=1S/C14H19N5/c1-4-16-14-17-9-11(2)13(18-14)19(3)10-12-5-7-15-8-6-12/h5-9H,4,10H2,1-3H3,(H,16,17,18). The lowest BCUT2D eigenvalue weighted by Crippen LogP contribution is -2.20. The highest BCUT2D eigenvalue weighted by Crippen LogP contribution is 2.18. The molecule has 0 bridgehead atoms. The van der Waals surface area contributed by atoms with E-state index in [9.17, 15) is 0 Å². The molecule has 0 unspecified atom stereocenters. The van der Waals surface area contributed by atoms with Gasteiger partial charge in [0.2, 0.25) is 5.95 Å². The minimum Gasteiger partial charge on any atom is -0.355 e. The van der Waals surface area contributed by atoms with Gasteiger partial charge in [0.25, 0.3) is 0 Å². The Morgan fingerprint density at radius 2 is 2.00 bits per heavy atom. The first kappa shape index (κ1) is 13.3. The van der Waals surface area contributed by atoms with Crippen molar-refractivity contribution in [3.63, 3.8) is 0 Å². The molecule has 5 nitrogen and oxygen atoms in total. The summed E-state index contributed by atoms with van der Waals surface area (Å²) in [6.45, 7) is 5.67. The number of aryl methyl sites for hydroxylation is 1. The van der Waals surface area contributed by atoms with Gasteiger partial charge >= 0.3 is 0 Å². The summed E-state index contributed by atoms with van der Waals surface area (Å²) in [5, 5.41) is 3.13. The average Bonchev–Trinajstić information content (AvgIpc) is 2.42. The zero-order valence-electron chi connectivity index (χ0n) is 11.6. The lowest BCUT2D eigenvalue weighted by Gasteiger charge is -2.20. The van der Waals surface area contributed by atoms with Gasteiger partial charge in [-0.15, -0.1) is 0 Å². The van der Waals surface area contributed by atoms with Gasteiger partial charge in [0, 0.05) is 44.3 Å². The monoisotopic (exact) mass is 257 g/mol. The van der Waals surface area contributed by atoms with Gasteiger partial charge in [-0.05, 0) is 31.5 Å². The Balaban J connectivity index is 2.18. The number of aromatic nitrogens is 3.